The number of nitrogens with one attached hydrogen (secondary N) is 1. The first-order valence-electron chi connectivity index (χ1n) is 11.4. The largest absolute Gasteiger partial charge is 0.485 e. The molecule has 5 aromatic rings. The third kappa shape index (κ3) is 5.25. The number of hydrogen-bond acceptors (Lipinski definition) is 7. The number of aromatic nitrogens is 4. The second-order valence-corrected chi connectivity index (χ2v) is 9.28. The highest BCUT2D eigenvalue weighted by atomic mass is 35.5. The van der Waals surface area contributed by atoms with E-state index >= 15 is 0 Å². The first-order chi connectivity index (χ1) is 17.6. The fraction of sp³-hybridized carbons (Fsp3) is 0.154. The molecule has 4 heterocycles. The average molecular weight is 538 g/mol. The molecular formula is C26H21ClFN5O3S. The molecule has 0 saturated heterocycles. The van der Waals surface area contributed by atoms with Crippen LogP contribution < -0.4 is 14.8 Å². The molecule has 37 heavy (non-hydrogen) atoms. The van der Waals surface area contributed by atoms with Crippen molar-refractivity contribution >= 4 is 35.3 Å². The third-order valence-corrected chi connectivity index (χ3v) is 6.78. The first kappa shape index (κ1) is 24.7. The summed E-state index contributed by atoms with van der Waals surface area (Å²) < 4.78 is 27.4. The van der Waals surface area contributed by atoms with Crippen LogP contribution in [0.15, 0.2) is 73.1 Å². The number of nitrogens with zero attached hydrogens (tertiary/aromatic N) is 4. The maximum atomic E-state index is 13.6. The van der Waals surface area contributed by atoms with Crippen molar-refractivity contribution in [3.05, 3.63) is 101 Å². The summed E-state index contributed by atoms with van der Waals surface area (Å²) in [4.78, 5) is 17.3. The minimum Gasteiger partial charge on any atom is -0.485 e. The number of amides is 1. The Morgan fingerprint density at radius 2 is 2.08 bits per heavy atom. The second-order valence-electron chi connectivity index (χ2n) is 8.29. The van der Waals surface area contributed by atoms with Crippen LogP contribution in [0.2, 0.25) is 0 Å². The molecule has 6 rings (SSSR count). The summed E-state index contributed by atoms with van der Waals surface area (Å²) in [7, 11) is 0. The normalized spacial score (nSPS) is 14.4. The van der Waals surface area contributed by atoms with Crippen LogP contribution in [0.1, 0.15) is 39.1 Å². The van der Waals surface area contributed by atoms with Gasteiger partial charge in [-0.1, -0.05) is 29.5 Å². The number of hydrogen-bond donors (Lipinski definition) is 1. The van der Waals surface area contributed by atoms with Gasteiger partial charge in [0.25, 0.3) is 11.1 Å². The van der Waals surface area contributed by atoms with Gasteiger partial charge in [0.1, 0.15) is 28.3 Å². The number of halogens is 2. The topological polar surface area (TPSA) is 90.6 Å². The summed E-state index contributed by atoms with van der Waals surface area (Å²) in [5, 5.41) is 11.4. The maximum absolute atomic E-state index is 13.6. The van der Waals surface area contributed by atoms with Gasteiger partial charge in [-0.2, -0.15) is 0 Å². The predicted octanol–water partition coefficient (Wildman–Crippen LogP) is 5.54. The van der Waals surface area contributed by atoms with E-state index in [9.17, 15) is 9.18 Å². The molecule has 1 aliphatic heterocycles. The number of carbonyl (C=O) groups is 1. The third-order valence-electron chi connectivity index (χ3n) is 5.90. The SMILES string of the molecule is Cl.O=C(NCc1nnc2ccccn12)c1cnc(Oc2ccc3c(c2)CCC(c2cccc(F)c2)O3)s1. The predicted molar refractivity (Wildman–Crippen MR) is 138 cm³/mol. The number of rotatable bonds is 6. The van der Waals surface area contributed by atoms with Gasteiger partial charge in [0.15, 0.2) is 11.5 Å². The van der Waals surface area contributed by atoms with E-state index < -0.39 is 0 Å². The Labute approximate surface area is 221 Å². The van der Waals surface area contributed by atoms with Crippen LogP contribution in [-0.4, -0.2) is 25.5 Å². The molecule has 1 N–H and O–H groups in total. The number of carbonyl (C=O) groups excluding carboxylic acids is 1. The maximum Gasteiger partial charge on any atom is 0.279 e. The van der Waals surface area contributed by atoms with E-state index in [4.69, 9.17) is 9.47 Å². The lowest BCUT2D eigenvalue weighted by molar-refractivity contribution is 0.0953. The van der Waals surface area contributed by atoms with Gasteiger partial charge in [-0.15, -0.1) is 22.6 Å². The lowest BCUT2D eigenvalue weighted by atomic mass is 9.97. The monoisotopic (exact) mass is 537 g/mol. The van der Waals surface area contributed by atoms with Crippen LogP contribution in [0, 0.1) is 5.82 Å². The number of ether oxygens (including phenoxy) is 2. The lowest BCUT2D eigenvalue weighted by Crippen LogP contribution is -2.23. The number of fused-ring (bicyclic) bond motifs is 2. The highest BCUT2D eigenvalue weighted by molar-refractivity contribution is 7.15. The van der Waals surface area contributed by atoms with Crippen molar-refractivity contribution in [2.45, 2.75) is 25.5 Å². The van der Waals surface area contributed by atoms with Gasteiger partial charge in [0.05, 0.1) is 12.7 Å². The number of aryl methyl sites for hydroxylation is 1. The minimum absolute atomic E-state index is 0. The van der Waals surface area contributed by atoms with E-state index in [0.29, 0.717) is 21.6 Å². The molecule has 0 aliphatic carbocycles. The molecule has 1 aliphatic rings. The first-order valence-corrected chi connectivity index (χ1v) is 12.2. The molecule has 11 heteroatoms. The number of benzene rings is 2. The van der Waals surface area contributed by atoms with Gasteiger partial charge in [-0.25, -0.2) is 9.37 Å². The van der Waals surface area contributed by atoms with Crippen LogP contribution >= 0.6 is 23.7 Å². The summed E-state index contributed by atoms with van der Waals surface area (Å²) in [6.07, 6.45) is 4.67. The molecule has 0 radical (unpaired) electrons. The van der Waals surface area contributed by atoms with Gasteiger partial charge in [0, 0.05) is 6.20 Å². The highest BCUT2D eigenvalue weighted by Gasteiger charge is 2.22. The number of thiazole rings is 1. The van der Waals surface area contributed by atoms with Crippen molar-refractivity contribution in [3.8, 4) is 16.7 Å². The molecule has 1 atom stereocenters. The van der Waals surface area contributed by atoms with Crippen LogP contribution in [0.3, 0.4) is 0 Å². The molecular weight excluding hydrogens is 517 g/mol. The van der Waals surface area contributed by atoms with Crippen molar-refractivity contribution in [2.24, 2.45) is 0 Å². The summed E-state index contributed by atoms with van der Waals surface area (Å²) in [6, 6.07) is 17.7. The van der Waals surface area contributed by atoms with Gasteiger partial charge < -0.3 is 14.8 Å². The Kier molecular flexibility index (Phi) is 7.02. The molecule has 1 unspecified atom stereocenters. The van der Waals surface area contributed by atoms with Crippen LogP contribution in [0.25, 0.3) is 5.65 Å². The molecule has 0 bridgehead atoms. The van der Waals surface area contributed by atoms with Crippen molar-refractivity contribution in [2.75, 3.05) is 0 Å². The van der Waals surface area contributed by atoms with Gasteiger partial charge in [-0.3, -0.25) is 9.20 Å². The fourth-order valence-corrected chi connectivity index (χ4v) is 4.84. The van der Waals surface area contributed by atoms with Gasteiger partial charge in [0.2, 0.25) is 0 Å². The molecule has 3 aromatic heterocycles. The Morgan fingerprint density at radius 1 is 1.16 bits per heavy atom. The highest BCUT2D eigenvalue weighted by Crippen LogP contribution is 2.38. The summed E-state index contributed by atoms with van der Waals surface area (Å²) >= 11 is 1.16. The zero-order chi connectivity index (χ0) is 24.5. The van der Waals surface area contributed by atoms with E-state index in [2.05, 4.69) is 20.5 Å². The fourth-order valence-electron chi connectivity index (χ4n) is 4.14. The van der Waals surface area contributed by atoms with E-state index in [1.807, 2.05) is 47.0 Å². The molecule has 0 saturated carbocycles. The average Bonchev–Trinajstić information content (AvgIpc) is 3.54. The van der Waals surface area contributed by atoms with Gasteiger partial charge in [-0.05, 0) is 66.4 Å². The van der Waals surface area contributed by atoms with Crippen LogP contribution in [0.5, 0.6) is 16.7 Å². The summed E-state index contributed by atoms with van der Waals surface area (Å²) in [5.74, 6) is 1.46. The molecule has 0 spiro atoms. The van der Waals surface area contributed by atoms with Crippen molar-refractivity contribution < 1.29 is 18.7 Å². The molecule has 188 valence electrons. The zero-order valence-electron chi connectivity index (χ0n) is 19.3. The van der Waals surface area contributed by atoms with E-state index in [1.165, 1.54) is 18.3 Å². The van der Waals surface area contributed by atoms with Gasteiger partial charge >= 0.3 is 0 Å². The smallest absolute Gasteiger partial charge is 0.279 e. The van der Waals surface area contributed by atoms with Crippen molar-refractivity contribution in [1.82, 2.24) is 24.9 Å². The Balaban J connectivity index is 0.00000280. The Hall–Kier alpha value is -4.02. The molecule has 2 aromatic carbocycles. The standard InChI is InChI=1S/C26H20FN5O3S.ClH/c27-18-5-3-4-16(12-18)20-9-7-17-13-19(8-10-21(17)35-20)34-26-29-14-22(36-26)25(33)28-15-24-31-30-23-6-1-2-11-32(23)24;/h1-6,8,10-14,20H,7,9,15H2,(H,28,33);1H. The Morgan fingerprint density at radius 3 is 2.97 bits per heavy atom. The minimum atomic E-state index is -0.269. The van der Waals surface area contributed by atoms with E-state index in [0.717, 1.165) is 46.7 Å². The summed E-state index contributed by atoms with van der Waals surface area (Å²) in [6.45, 7) is 0.236. The van der Waals surface area contributed by atoms with Crippen LogP contribution in [-0.2, 0) is 13.0 Å². The molecule has 1 amide bonds. The lowest BCUT2D eigenvalue weighted by Gasteiger charge is -2.26. The Bertz CT molecular complexity index is 1570. The zero-order valence-corrected chi connectivity index (χ0v) is 21.0. The molecule has 8 nitrogen and oxygen atoms in total. The van der Waals surface area contributed by atoms with Crippen molar-refractivity contribution in [1.29, 1.82) is 0 Å². The number of pyridine rings is 1. The van der Waals surface area contributed by atoms with E-state index in [1.54, 1.807) is 12.1 Å². The molecule has 0 fully saturated rings. The van der Waals surface area contributed by atoms with Crippen molar-refractivity contribution in [3.63, 3.8) is 0 Å². The summed E-state index contributed by atoms with van der Waals surface area (Å²) in [5.41, 5.74) is 2.55. The van der Waals surface area contributed by atoms with Crippen LogP contribution in [0.4, 0.5) is 4.39 Å². The van der Waals surface area contributed by atoms with E-state index in [-0.39, 0.29) is 36.8 Å². The quantitative estimate of drug-likeness (QED) is 0.306. The second kappa shape index (κ2) is 10.5.